The lowest BCUT2D eigenvalue weighted by atomic mass is 10.0. The third kappa shape index (κ3) is 4.73. The Morgan fingerprint density at radius 2 is 1.52 bits per heavy atom. The molecule has 0 radical (unpaired) electrons. The van der Waals surface area contributed by atoms with Crippen LogP contribution in [0.3, 0.4) is 0 Å². The Hall–Kier alpha value is -1.57. The van der Waals surface area contributed by atoms with Gasteiger partial charge in [0.2, 0.25) is 0 Å². The van der Waals surface area contributed by atoms with Crippen molar-refractivity contribution in [3.8, 4) is 11.1 Å². The standard InChI is InChI=1S/C19H22ClN/c1-14(2)21-13-12-15(3)16-4-6-17(7-5-16)18-8-10-19(20)11-9-18/h4-12,14,21H,13H2,1-3H3. The summed E-state index contributed by atoms with van der Waals surface area (Å²) in [5.74, 6) is 0. The molecule has 0 bridgehead atoms. The number of rotatable bonds is 5. The fourth-order valence-electron chi connectivity index (χ4n) is 2.13. The van der Waals surface area contributed by atoms with Gasteiger partial charge in [-0.15, -0.1) is 0 Å². The van der Waals surface area contributed by atoms with Crippen molar-refractivity contribution >= 4 is 17.2 Å². The van der Waals surface area contributed by atoms with E-state index in [-0.39, 0.29) is 0 Å². The first kappa shape index (κ1) is 15.8. The first-order valence-corrected chi connectivity index (χ1v) is 7.70. The van der Waals surface area contributed by atoms with E-state index in [1.54, 1.807) is 0 Å². The van der Waals surface area contributed by atoms with Crippen LogP contribution in [0.1, 0.15) is 26.3 Å². The highest BCUT2D eigenvalue weighted by molar-refractivity contribution is 6.30. The van der Waals surface area contributed by atoms with Crippen molar-refractivity contribution in [3.63, 3.8) is 0 Å². The number of nitrogens with one attached hydrogen (secondary N) is 1. The SMILES string of the molecule is CC(=CCNC(C)C)c1ccc(-c2ccc(Cl)cc2)cc1. The lowest BCUT2D eigenvalue weighted by Gasteiger charge is -2.07. The molecule has 0 aliphatic rings. The van der Waals surface area contributed by atoms with Crippen LogP contribution in [0.5, 0.6) is 0 Å². The Morgan fingerprint density at radius 3 is 2.05 bits per heavy atom. The van der Waals surface area contributed by atoms with E-state index in [1.165, 1.54) is 22.3 Å². The van der Waals surface area contributed by atoms with Crippen LogP contribution < -0.4 is 5.32 Å². The summed E-state index contributed by atoms with van der Waals surface area (Å²) in [4.78, 5) is 0. The summed E-state index contributed by atoms with van der Waals surface area (Å²) in [5.41, 5.74) is 4.96. The first-order valence-electron chi connectivity index (χ1n) is 7.33. The second kappa shape index (κ2) is 7.44. The number of hydrogen-bond acceptors (Lipinski definition) is 1. The van der Waals surface area contributed by atoms with Gasteiger partial charge in [-0.2, -0.15) is 0 Å². The molecule has 0 fully saturated rings. The average Bonchev–Trinajstić information content (AvgIpc) is 2.48. The maximum Gasteiger partial charge on any atom is 0.0406 e. The molecule has 2 aromatic rings. The van der Waals surface area contributed by atoms with Crippen LogP contribution >= 0.6 is 11.6 Å². The molecule has 0 saturated heterocycles. The molecule has 0 aromatic heterocycles. The molecular formula is C19H22ClN. The van der Waals surface area contributed by atoms with Gasteiger partial charge in [0.25, 0.3) is 0 Å². The summed E-state index contributed by atoms with van der Waals surface area (Å²) < 4.78 is 0. The van der Waals surface area contributed by atoms with Crippen LogP contribution in [-0.4, -0.2) is 12.6 Å². The molecule has 2 heteroatoms. The quantitative estimate of drug-likeness (QED) is 0.778. The monoisotopic (exact) mass is 299 g/mol. The molecule has 0 aliphatic heterocycles. The van der Waals surface area contributed by atoms with Gasteiger partial charge < -0.3 is 5.32 Å². The van der Waals surface area contributed by atoms with Crippen LogP contribution in [0, 0.1) is 0 Å². The van der Waals surface area contributed by atoms with E-state index in [0.717, 1.165) is 11.6 Å². The Morgan fingerprint density at radius 1 is 1.00 bits per heavy atom. The van der Waals surface area contributed by atoms with Crippen molar-refractivity contribution in [1.82, 2.24) is 5.32 Å². The van der Waals surface area contributed by atoms with Gasteiger partial charge in [0.15, 0.2) is 0 Å². The molecule has 2 rings (SSSR count). The molecule has 0 saturated carbocycles. The summed E-state index contributed by atoms with van der Waals surface area (Å²) in [6, 6.07) is 17.1. The van der Waals surface area contributed by atoms with Crippen molar-refractivity contribution in [1.29, 1.82) is 0 Å². The van der Waals surface area contributed by atoms with E-state index >= 15 is 0 Å². The third-order valence-electron chi connectivity index (χ3n) is 3.45. The maximum atomic E-state index is 5.92. The Labute approximate surface area is 132 Å². The van der Waals surface area contributed by atoms with Gasteiger partial charge in [0.05, 0.1) is 0 Å². The first-order chi connectivity index (χ1) is 10.1. The van der Waals surface area contributed by atoms with Gasteiger partial charge in [-0.1, -0.05) is 67.9 Å². The lowest BCUT2D eigenvalue weighted by molar-refractivity contribution is 0.633. The van der Waals surface area contributed by atoms with Gasteiger partial charge in [-0.3, -0.25) is 0 Å². The smallest absolute Gasteiger partial charge is 0.0406 e. The second-order valence-corrected chi connectivity index (χ2v) is 5.97. The fraction of sp³-hybridized carbons (Fsp3) is 0.263. The second-order valence-electron chi connectivity index (χ2n) is 5.53. The molecule has 0 aliphatic carbocycles. The highest BCUT2D eigenvalue weighted by atomic mass is 35.5. The van der Waals surface area contributed by atoms with Crippen LogP contribution in [0.25, 0.3) is 16.7 Å². The normalized spacial score (nSPS) is 12.0. The molecule has 1 nitrogen and oxygen atoms in total. The van der Waals surface area contributed by atoms with E-state index in [9.17, 15) is 0 Å². The fourth-order valence-corrected chi connectivity index (χ4v) is 2.26. The number of halogens is 1. The summed E-state index contributed by atoms with van der Waals surface area (Å²) in [7, 11) is 0. The predicted octanol–water partition coefficient (Wildman–Crippen LogP) is 5.41. The van der Waals surface area contributed by atoms with Gasteiger partial charge >= 0.3 is 0 Å². The minimum Gasteiger partial charge on any atom is -0.311 e. The van der Waals surface area contributed by atoms with E-state index in [2.05, 4.69) is 56.4 Å². The predicted molar refractivity (Wildman–Crippen MR) is 93.7 cm³/mol. The maximum absolute atomic E-state index is 5.92. The molecule has 0 atom stereocenters. The summed E-state index contributed by atoms with van der Waals surface area (Å²) in [6.45, 7) is 7.37. The van der Waals surface area contributed by atoms with E-state index in [0.29, 0.717) is 6.04 Å². The van der Waals surface area contributed by atoms with Crippen molar-refractivity contribution in [3.05, 3.63) is 65.2 Å². The number of benzene rings is 2. The average molecular weight is 300 g/mol. The van der Waals surface area contributed by atoms with Crippen molar-refractivity contribution < 1.29 is 0 Å². The van der Waals surface area contributed by atoms with E-state index in [4.69, 9.17) is 11.6 Å². The molecule has 0 amide bonds. The van der Waals surface area contributed by atoms with Gasteiger partial charge in [-0.25, -0.2) is 0 Å². The zero-order valence-electron chi connectivity index (χ0n) is 12.9. The van der Waals surface area contributed by atoms with Gasteiger partial charge in [-0.05, 0) is 41.3 Å². The van der Waals surface area contributed by atoms with E-state index < -0.39 is 0 Å². The van der Waals surface area contributed by atoms with E-state index in [1.807, 2.05) is 24.3 Å². The third-order valence-corrected chi connectivity index (χ3v) is 3.70. The summed E-state index contributed by atoms with van der Waals surface area (Å²) in [5, 5.41) is 4.17. The highest BCUT2D eigenvalue weighted by Gasteiger charge is 2.00. The van der Waals surface area contributed by atoms with Crippen molar-refractivity contribution in [2.45, 2.75) is 26.8 Å². The number of hydrogen-bond donors (Lipinski definition) is 1. The molecular weight excluding hydrogens is 278 g/mol. The van der Waals surface area contributed by atoms with Crippen molar-refractivity contribution in [2.24, 2.45) is 0 Å². The zero-order valence-corrected chi connectivity index (χ0v) is 13.6. The largest absolute Gasteiger partial charge is 0.311 e. The van der Waals surface area contributed by atoms with Crippen LogP contribution in [0.2, 0.25) is 5.02 Å². The minimum absolute atomic E-state index is 0.515. The topological polar surface area (TPSA) is 12.0 Å². The van der Waals surface area contributed by atoms with Gasteiger partial charge in [0.1, 0.15) is 0 Å². The zero-order chi connectivity index (χ0) is 15.2. The lowest BCUT2D eigenvalue weighted by Crippen LogP contribution is -2.22. The molecule has 0 unspecified atom stereocenters. The van der Waals surface area contributed by atoms with Crippen LogP contribution in [-0.2, 0) is 0 Å². The molecule has 110 valence electrons. The Bertz CT molecular complexity index is 594. The Kier molecular flexibility index (Phi) is 5.60. The van der Waals surface area contributed by atoms with Crippen molar-refractivity contribution in [2.75, 3.05) is 6.54 Å². The highest BCUT2D eigenvalue weighted by Crippen LogP contribution is 2.23. The minimum atomic E-state index is 0.515. The van der Waals surface area contributed by atoms with Crippen LogP contribution in [0.4, 0.5) is 0 Å². The molecule has 21 heavy (non-hydrogen) atoms. The molecule has 1 N–H and O–H groups in total. The van der Waals surface area contributed by atoms with Gasteiger partial charge in [0, 0.05) is 17.6 Å². The molecule has 0 heterocycles. The molecule has 2 aromatic carbocycles. The molecule has 0 spiro atoms. The Balaban J connectivity index is 2.09. The summed E-state index contributed by atoms with van der Waals surface area (Å²) >= 11 is 5.92. The summed E-state index contributed by atoms with van der Waals surface area (Å²) in [6.07, 6.45) is 2.23. The van der Waals surface area contributed by atoms with Crippen LogP contribution in [0.15, 0.2) is 54.6 Å². The number of allylic oxidation sites excluding steroid dienone is 1.